The molecule has 0 atom stereocenters. The van der Waals surface area contributed by atoms with Crippen LogP contribution in [-0.2, 0) is 0 Å². The molecule has 0 aliphatic carbocycles. The molecule has 0 bridgehead atoms. The van der Waals surface area contributed by atoms with Gasteiger partial charge < -0.3 is 0 Å². The van der Waals surface area contributed by atoms with Crippen molar-refractivity contribution < 1.29 is 0 Å². The summed E-state index contributed by atoms with van der Waals surface area (Å²) in [5.74, 6) is 0.681. The highest BCUT2D eigenvalue weighted by atomic mass is 15.6. The normalized spacial score (nSPS) is 11.3. The predicted octanol–water partition coefficient (Wildman–Crippen LogP) is 3.07. The summed E-state index contributed by atoms with van der Waals surface area (Å²) in [7, 11) is 0. The van der Waals surface area contributed by atoms with Gasteiger partial charge in [-0.1, -0.05) is 42.5 Å². The Labute approximate surface area is 105 Å². The number of hydrogen-bond donors (Lipinski definition) is 0. The summed E-state index contributed by atoms with van der Waals surface area (Å²) in [5, 5.41) is 15.0. The van der Waals surface area contributed by atoms with Gasteiger partial charge >= 0.3 is 0 Å². The summed E-state index contributed by atoms with van der Waals surface area (Å²) in [6.45, 7) is 4.07. The monoisotopic (exact) mass is 238 g/mol. The maximum absolute atomic E-state index is 4.42. The third-order valence-corrected chi connectivity index (χ3v) is 2.92. The van der Waals surface area contributed by atoms with E-state index >= 15 is 0 Å². The Morgan fingerprint density at radius 2 is 1.78 bits per heavy atom. The van der Waals surface area contributed by atoms with E-state index in [4.69, 9.17) is 0 Å². The van der Waals surface area contributed by atoms with Crippen LogP contribution in [0, 0.1) is 0 Å². The Kier molecular flexibility index (Phi) is 2.55. The van der Waals surface area contributed by atoms with E-state index in [1.54, 1.807) is 4.80 Å². The molecule has 2 aromatic carbocycles. The van der Waals surface area contributed by atoms with E-state index in [1.807, 2.05) is 38.1 Å². The van der Waals surface area contributed by atoms with Crippen molar-refractivity contribution in [3.63, 3.8) is 0 Å². The summed E-state index contributed by atoms with van der Waals surface area (Å²) in [5.41, 5.74) is 1.03. The standard InChI is InChI=1S/C14H14N4/c1-10(2)18-16-14(15-17-18)13-9-5-7-11-6-3-4-8-12(11)13/h3-10H,1-2H3. The molecule has 18 heavy (non-hydrogen) atoms. The second-order valence-corrected chi connectivity index (χ2v) is 4.55. The molecule has 0 amide bonds. The van der Waals surface area contributed by atoms with E-state index in [2.05, 4.69) is 33.6 Å². The fourth-order valence-electron chi connectivity index (χ4n) is 1.97. The van der Waals surface area contributed by atoms with Gasteiger partial charge in [-0.25, -0.2) is 0 Å². The summed E-state index contributed by atoms with van der Waals surface area (Å²) < 4.78 is 0. The fraction of sp³-hybridized carbons (Fsp3) is 0.214. The second kappa shape index (κ2) is 4.22. The van der Waals surface area contributed by atoms with Gasteiger partial charge in [0.05, 0.1) is 6.04 Å². The number of nitrogens with zero attached hydrogens (tertiary/aromatic N) is 4. The minimum Gasteiger partial charge on any atom is -0.161 e. The zero-order valence-corrected chi connectivity index (χ0v) is 10.4. The third-order valence-electron chi connectivity index (χ3n) is 2.92. The molecule has 0 fully saturated rings. The third kappa shape index (κ3) is 1.76. The first-order valence-electron chi connectivity index (χ1n) is 6.03. The first-order chi connectivity index (χ1) is 8.75. The maximum Gasteiger partial charge on any atom is 0.205 e. The van der Waals surface area contributed by atoms with Gasteiger partial charge in [-0.15, -0.1) is 10.2 Å². The zero-order valence-electron chi connectivity index (χ0n) is 10.4. The molecule has 4 heteroatoms. The Bertz CT molecular complexity index is 680. The lowest BCUT2D eigenvalue weighted by Gasteiger charge is -2.02. The topological polar surface area (TPSA) is 43.6 Å². The van der Waals surface area contributed by atoms with Crippen LogP contribution in [0.15, 0.2) is 42.5 Å². The molecule has 0 aliphatic heterocycles. The van der Waals surface area contributed by atoms with Gasteiger partial charge in [-0.05, 0) is 29.8 Å². The average Bonchev–Trinajstić information content (AvgIpc) is 2.87. The van der Waals surface area contributed by atoms with Gasteiger partial charge in [-0.2, -0.15) is 4.80 Å². The molecule has 0 saturated carbocycles. The van der Waals surface area contributed by atoms with Crippen molar-refractivity contribution in [2.24, 2.45) is 0 Å². The SMILES string of the molecule is CC(C)n1nnc(-c2cccc3ccccc23)n1. The molecule has 0 spiro atoms. The molecule has 90 valence electrons. The van der Waals surface area contributed by atoms with Gasteiger partial charge in [-0.3, -0.25) is 0 Å². The molecule has 3 aromatic rings. The molecule has 1 aromatic heterocycles. The molecule has 3 rings (SSSR count). The van der Waals surface area contributed by atoms with Crippen molar-refractivity contribution in [2.75, 3.05) is 0 Å². The van der Waals surface area contributed by atoms with Gasteiger partial charge in [0.2, 0.25) is 5.82 Å². The van der Waals surface area contributed by atoms with Crippen LogP contribution in [0.1, 0.15) is 19.9 Å². The van der Waals surface area contributed by atoms with E-state index < -0.39 is 0 Å². The van der Waals surface area contributed by atoms with Crippen LogP contribution in [0.2, 0.25) is 0 Å². The Morgan fingerprint density at radius 3 is 2.56 bits per heavy atom. The van der Waals surface area contributed by atoms with E-state index in [1.165, 1.54) is 5.39 Å². The molecule has 4 nitrogen and oxygen atoms in total. The molecule has 0 N–H and O–H groups in total. The Morgan fingerprint density at radius 1 is 1.00 bits per heavy atom. The van der Waals surface area contributed by atoms with Crippen LogP contribution >= 0.6 is 0 Å². The van der Waals surface area contributed by atoms with Gasteiger partial charge in [0.25, 0.3) is 0 Å². The van der Waals surface area contributed by atoms with Gasteiger partial charge in [0, 0.05) is 5.56 Å². The maximum atomic E-state index is 4.42. The van der Waals surface area contributed by atoms with Crippen molar-refractivity contribution in [1.82, 2.24) is 20.2 Å². The highest BCUT2D eigenvalue weighted by Crippen LogP contribution is 2.25. The van der Waals surface area contributed by atoms with Crippen molar-refractivity contribution in [3.8, 4) is 11.4 Å². The van der Waals surface area contributed by atoms with Crippen molar-refractivity contribution in [3.05, 3.63) is 42.5 Å². The summed E-state index contributed by atoms with van der Waals surface area (Å²) >= 11 is 0. The Hall–Kier alpha value is -2.23. The molecule has 0 aliphatic rings. The van der Waals surface area contributed by atoms with Crippen LogP contribution in [0.3, 0.4) is 0 Å². The van der Waals surface area contributed by atoms with Crippen molar-refractivity contribution in [2.45, 2.75) is 19.9 Å². The predicted molar refractivity (Wildman–Crippen MR) is 71.1 cm³/mol. The van der Waals surface area contributed by atoms with E-state index in [-0.39, 0.29) is 6.04 Å². The first-order valence-corrected chi connectivity index (χ1v) is 6.03. The number of rotatable bonds is 2. The molecule has 1 heterocycles. The average molecular weight is 238 g/mol. The van der Waals surface area contributed by atoms with Crippen LogP contribution in [0.4, 0.5) is 0 Å². The number of hydrogen-bond acceptors (Lipinski definition) is 3. The lowest BCUT2D eigenvalue weighted by Crippen LogP contribution is -2.04. The van der Waals surface area contributed by atoms with Gasteiger partial charge in [0.1, 0.15) is 0 Å². The quantitative estimate of drug-likeness (QED) is 0.689. The number of fused-ring (bicyclic) bond motifs is 1. The van der Waals surface area contributed by atoms with Crippen LogP contribution in [0.5, 0.6) is 0 Å². The summed E-state index contributed by atoms with van der Waals surface area (Å²) in [4.78, 5) is 1.64. The molecule has 0 radical (unpaired) electrons. The molecular weight excluding hydrogens is 224 g/mol. The Balaban J connectivity index is 2.18. The highest BCUT2D eigenvalue weighted by molar-refractivity contribution is 5.94. The second-order valence-electron chi connectivity index (χ2n) is 4.55. The van der Waals surface area contributed by atoms with Crippen molar-refractivity contribution in [1.29, 1.82) is 0 Å². The first kappa shape index (κ1) is 10.9. The van der Waals surface area contributed by atoms with Crippen LogP contribution in [-0.4, -0.2) is 20.2 Å². The number of benzene rings is 2. The van der Waals surface area contributed by atoms with E-state index in [0.717, 1.165) is 10.9 Å². The highest BCUT2D eigenvalue weighted by Gasteiger charge is 2.10. The van der Waals surface area contributed by atoms with Gasteiger partial charge in [0.15, 0.2) is 0 Å². The minimum atomic E-state index is 0.223. The van der Waals surface area contributed by atoms with Crippen LogP contribution < -0.4 is 0 Å². The summed E-state index contributed by atoms with van der Waals surface area (Å²) in [6, 6.07) is 14.6. The molecule has 0 unspecified atom stereocenters. The van der Waals surface area contributed by atoms with Crippen molar-refractivity contribution >= 4 is 10.8 Å². The van der Waals surface area contributed by atoms with Crippen LogP contribution in [0.25, 0.3) is 22.2 Å². The van der Waals surface area contributed by atoms with E-state index in [0.29, 0.717) is 5.82 Å². The largest absolute Gasteiger partial charge is 0.205 e. The lowest BCUT2D eigenvalue weighted by molar-refractivity contribution is 0.455. The molecular formula is C14H14N4. The number of tetrazole rings is 1. The summed E-state index contributed by atoms with van der Waals surface area (Å²) in [6.07, 6.45) is 0. The zero-order chi connectivity index (χ0) is 12.5. The smallest absolute Gasteiger partial charge is 0.161 e. The lowest BCUT2D eigenvalue weighted by atomic mass is 10.0. The van der Waals surface area contributed by atoms with E-state index in [9.17, 15) is 0 Å². The fourth-order valence-corrected chi connectivity index (χ4v) is 1.97. The molecule has 0 saturated heterocycles. The minimum absolute atomic E-state index is 0.223. The number of aromatic nitrogens is 4.